The van der Waals surface area contributed by atoms with Crippen LogP contribution in [0.5, 0.6) is 0 Å². The van der Waals surface area contributed by atoms with Crippen molar-refractivity contribution in [3.63, 3.8) is 0 Å². The minimum Gasteiger partial charge on any atom is -0.277 e. The van der Waals surface area contributed by atoms with E-state index in [1.54, 1.807) is 54.6 Å². The molecule has 0 spiro atoms. The van der Waals surface area contributed by atoms with Gasteiger partial charge in [-0.2, -0.15) is 26.3 Å². The maximum absolute atomic E-state index is 13.3. The number of benzene rings is 3. The van der Waals surface area contributed by atoms with E-state index in [-0.39, 0.29) is 23.0 Å². The molecule has 188 valence electrons. The fourth-order valence-corrected chi connectivity index (χ4v) is 3.67. The zero-order chi connectivity index (χ0) is 26.8. The van der Waals surface area contributed by atoms with Crippen LogP contribution in [0, 0.1) is 11.8 Å². The van der Waals surface area contributed by atoms with Crippen molar-refractivity contribution in [1.82, 2.24) is 15.0 Å². The first-order valence-electron chi connectivity index (χ1n) is 10.5. The topological polar surface area (TPSA) is 47.8 Å². The van der Waals surface area contributed by atoms with Gasteiger partial charge in [-0.3, -0.25) is 4.79 Å². The second kappa shape index (κ2) is 10.1. The van der Waals surface area contributed by atoms with Crippen molar-refractivity contribution < 1.29 is 31.1 Å². The Bertz CT molecular complexity index is 1480. The molecule has 0 aliphatic heterocycles. The largest absolute Gasteiger partial charge is 0.416 e. The lowest BCUT2D eigenvalue weighted by Gasteiger charge is -2.15. The van der Waals surface area contributed by atoms with Gasteiger partial charge in [0.15, 0.2) is 5.69 Å². The molecule has 0 saturated carbocycles. The summed E-state index contributed by atoms with van der Waals surface area (Å²) in [5.41, 5.74) is -2.57. The minimum absolute atomic E-state index is 0.0439. The SMILES string of the molecule is O=C(C#Cc1ccccc1Cl)c1nnn(Cc2cc(C(F)(F)F)cc(C(F)(F)F)c2)c1-c1ccccc1. The van der Waals surface area contributed by atoms with Crippen molar-refractivity contribution >= 4 is 17.4 Å². The van der Waals surface area contributed by atoms with Crippen LogP contribution in [-0.4, -0.2) is 20.8 Å². The summed E-state index contributed by atoms with van der Waals surface area (Å²) in [6, 6.07) is 16.0. The molecule has 3 aromatic carbocycles. The molecule has 11 heteroatoms. The van der Waals surface area contributed by atoms with E-state index in [9.17, 15) is 31.1 Å². The summed E-state index contributed by atoms with van der Waals surface area (Å²) in [7, 11) is 0. The summed E-state index contributed by atoms with van der Waals surface area (Å²) in [5, 5.41) is 8.02. The molecule has 1 aromatic heterocycles. The van der Waals surface area contributed by atoms with Gasteiger partial charge in [0.05, 0.1) is 22.7 Å². The number of carbonyl (C=O) groups excluding carboxylic acids is 1. The van der Waals surface area contributed by atoms with Gasteiger partial charge in [0.2, 0.25) is 0 Å². The Balaban J connectivity index is 1.79. The third-order valence-electron chi connectivity index (χ3n) is 5.16. The second-order valence-electron chi connectivity index (χ2n) is 7.78. The van der Waals surface area contributed by atoms with E-state index in [0.29, 0.717) is 28.3 Å². The van der Waals surface area contributed by atoms with Gasteiger partial charge in [-0.25, -0.2) is 4.68 Å². The first-order valence-corrected chi connectivity index (χ1v) is 10.9. The average molecular weight is 534 g/mol. The number of Topliss-reactive ketones (excluding diaryl/α,β-unsaturated/α-hetero) is 1. The predicted octanol–water partition coefficient (Wildman–Crippen LogP) is 6.92. The highest BCUT2D eigenvalue weighted by Gasteiger charge is 2.37. The Morgan fingerprint density at radius 3 is 2.05 bits per heavy atom. The molecule has 0 fully saturated rings. The third-order valence-corrected chi connectivity index (χ3v) is 5.49. The molecule has 0 saturated heterocycles. The molecule has 37 heavy (non-hydrogen) atoms. The number of carbonyl (C=O) groups is 1. The van der Waals surface area contributed by atoms with Crippen LogP contribution in [0.25, 0.3) is 11.3 Å². The van der Waals surface area contributed by atoms with Crippen LogP contribution in [0.2, 0.25) is 5.02 Å². The summed E-state index contributed by atoms with van der Waals surface area (Å²) in [4.78, 5) is 12.9. The zero-order valence-corrected chi connectivity index (χ0v) is 19.3. The molecule has 0 radical (unpaired) electrons. The maximum atomic E-state index is 13.3. The lowest BCUT2D eigenvalue weighted by molar-refractivity contribution is -0.143. The molecule has 4 rings (SSSR count). The lowest BCUT2D eigenvalue weighted by Crippen LogP contribution is -2.13. The van der Waals surface area contributed by atoms with Crippen LogP contribution in [0.1, 0.15) is 32.7 Å². The van der Waals surface area contributed by atoms with Crippen molar-refractivity contribution in [3.8, 4) is 23.1 Å². The van der Waals surface area contributed by atoms with Gasteiger partial charge in [-0.05, 0) is 41.8 Å². The van der Waals surface area contributed by atoms with E-state index in [1.165, 1.54) is 0 Å². The van der Waals surface area contributed by atoms with Crippen molar-refractivity contribution in [1.29, 1.82) is 0 Å². The molecular formula is C26H14ClF6N3O. The van der Waals surface area contributed by atoms with Crippen molar-refractivity contribution in [2.24, 2.45) is 0 Å². The van der Waals surface area contributed by atoms with Gasteiger partial charge in [0.25, 0.3) is 5.78 Å². The Morgan fingerprint density at radius 1 is 0.865 bits per heavy atom. The van der Waals surface area contributed by atoms with E-state index in [2.05, 4.69) is 22.2 Å². The van der Waals surface area contributed by atoms with Gasteiger partial charge in [0, 0.05) is 11.1 Å². The first-order chi connectivity index (χ1) is 17.4. The summed E-state index contributed by atoms with van der Waals surface area (Å²) in [5.74, 6) is 4.29. The number of halogens is 7. The van der Waals surface area contributed by atoms with Crippen LogP contribution in [-0.2, 0) is 18.9 Å². The average Bonchev–Trinajstić information content (AvgIpc) is 3.26. The number of hydrogen-bond acceptors (Lipinski definition) is 3. The van der Waals surface area contributed by atoms with E-state index in [1.807, 2.05) is 0 Å². The van der Waals surface area contributed by atoms with Gasteiger partial charge in [-0.15, -0.1) is 5.10 Å². The maximum Gasteiger partial charge on any atom is 0.416 e. The van der Waals surface area contributed by atoms with Gasteiger partial charge in [0.1, 0.15) is 5.69 Å². The molecule has 0 atom stereocenters. The molecule has 1 heterocycles. The van der Waals surface area contributed by atoms with E-state index < -0.39 is 35.8 Å². The van der Waals surface area contributed by atoms with E-state index in [4.69, 9.17) is 11.6 Å². The summed E-state index contributed by atoms with van der Waals surface area (Å²) in [6.45, 7) is -0.518. The lowest BCUT2D eigenvalue weighted by atomic mass is 10.0. The van der Waals surface area contributed by atoms with Crippen LogP contribution >= 0.6 is 11.6 Å². The highest BCUT2D eigenvalue weighted by Crippen LogP contribution is 2.36. The van der Waals surface area contributed by atoms with Crippen molar-refractivity contribution in [3.05, 3.63) is 106 Å². The van der Waals surface area contributed by atoms with E-state index >= 15 is 0 Å². The molecule has 0 bridgehead atoms. The Kier molecular flexibility index (Phi) is 7.09. The van der Waals surface area contributed by atoms with Crippen LogP contribution in [0.4, 0.5) is 26.3 Å². The van der Waals surface area contributed by atoms with Crippen LogP contribution in [0.15, 0.2) is 72.8 Å². The fraction of sp³-hybridized carbons (Fsp3) is 0.115. The normalized spacial score (nSPS) is 11.6. The fourth-order valence-electron chi connectivity index (χ4n) is 3.49. The molecule has 0 N–H and O–H groups in total. The smallest absolute Gasteiger partial charge is 0.277 e. The Labute approximate surface area is 211 Å². The standard InChI is InChI=1S/C26H14ClF6N3O/c27-21-9-5-4-6-17(21)10-11-22(37)23-24(18-7-2-1-3-8-18)36(35-34-23)15-16-12-19(25(28,29)30)14-20(13-16)26(31,32)33/h1-9,12-14H,15H2. The zero-order valence-electron chi connectivity index (χ0n) is 18.5. The van der Waals surface area contributed by atoms with E-state index in [0.717, 1.165) is 4.68 Å². The molecule has 4 aromatic rings. The number of nitrogens with zero attached hydrogens (tertiary/aromatic N) is 3. The van der Waals surface area contributed by atoms with Crippen molar-refractivity contribution in [2.45, 2.75) is 18.9 Å². The summed E-state index contributed by atoms with van der Waals surface area (Å²) in [6.07, 6.45) is -10.0. The molecule has 0 amide bonds. The number of ketones is 1. The number of rotatable bonds is 4. The van der Waals surface area contributed by atoms with Gasteiger partial charge >= 0.3 is 12.4 Å². The molecule has 4 nitrogen and oxygen atoms in total. The predicted molar refractivity (Wildman–Crippen MR) is 124 cm³/mol. The number of aromatic nitrogens is 3. The second-order valence-corrected chi connectivity index (χ2v) is 8.19. The quantitative estimate of drug-likeness (QED) is 0.163. The Morgan fingerprint density at radius 2 is 1.46 bits per heavy atom. The monoisotopic (exact) mass is 533 g/mol. The van der Waals surface area contributed by atoms with Crippen molar-refractivity contribution in [2.75, 3.05) is 0 Å². The van der Waals surface area contributed by atoms with Crippen LogP contribution in [0.3, 0.4) is 0 Å². The van der Waals surface area contributed by atoms with Crippen LogP contribution < -0.4 is 0 Å². The van der Waals surface area contributed by atoms with Gasteiger partial charge < -0.3 is 0 Å². The third kappa shape index (κ3) is 6.01. The summed E-state index contributed by atoms with van der Waals surface area (Å²) < 4.78 is 80.9. The number of hydrogen-bond donors (Lipinski definition) is 0. The minimum atomic E-state index is -5.00. The highest BCUT2D eigenvalue weighted by atomic mass is 35.5. The molecular weight excluding hydrogens is 520 g/mol. The molecule has 0 aliphatic carbocycles. The van der Waals surface area contributed by atoms with Gasteiger partial charge in [-0.1, -0.05) is 65.2 Å². The summed E-state index contributed by atoms with van der Waals surface area (Å²) >= 11 is 6.06. The first kappa shape index (κ1) is 26.0. The molecule has 0 unspecified atom stereocenters. The number of alkyl halides is 6. The Hall–Kier alpha value is -4.10. The highest BCUT2D eigenvalue weighted by molar-refractivity contribution is 6.31. The molecule has 0 aliphatic rings.